The number of carbonyl (C=O) groups is 1. The first-order valence-corrected chi connectivity index (χ1v) is 5.10. The molecule has 0 radical (unpaired) electrons. The van der Waals surface area contributed by atoms with Crippen molar-refractivity contribution in [2.45, 2.75) is 13.0 Å². The molecule has 0 saturated carbocycles. The number of likely N-dealkylation sites (N-methyl/N-ethyl adjacent to an activating group) is 1. The van der Waals surface area contributed by atoms with Gasteiger partial charge in [0.15, 0.2) is 0 Å². The second kappa shape index (κ2) is 5.38. The summed E-state index contributed by atoms with van der Waals surface area (Å²) in [5.41, 5.74) is 5.93. The number of nitrogens with one attached hydrogen (secondary N) is 2. The summed E-state index contributed by atoms with van der Waals surface area (Å²) in [4.78, 5) is 11.3. The van der Waals surface area contributed by atoms with Crippen molar-refractivity contribution in [2.24, 2.45) is 0 Å². The molecule has 1 atom stereocenters. The van der Waals surface area contributed by atoms with E-state index in [4.69, 9.17) is 10.5 Å². The van der Waals surface area contributed by atoms with Crippen LogP contribution in [0.25, 0.3) is 0 Å². The molecule has 0 fully saturated rings. The van der Waals surface area contributed by atoms with Crippen molar-refractivity contribution in [3.63, 3.8) is 0 Å². The van der Waals surface area contributed by atoms with Crippen LogP contribution in [0.5, 0.6) is 5.75 Å². The van der Waals surface area contributed by atoms with Gasteiger partial charge in [-0.25, -0.2) is 4.39 Å². The van der Waals surface area contributed by atoms with Crippen molar-refractivity contribution in [2.75, 3.05) is 25.2 Å². The maximum atomic E-state index is 13.6. The summed E-state index contributed by atoms with van der Waals surface area (Å²) in [7, 11) is 2.95. The van der Waals surface area contributed by atoms with Gasteiger partial charge in [0.2, 0.25) is 5.91 Å². The third-order valence-electron chi connectivity index (χ3n) is 2.33. The van der Waals surface area contributed by atoms with Crippen LogP contribution in [0.15, 0.2) is 12.1 Å². The van der Waals surface area contributed by atoms with E-state index in [1.807, 2.05) is 0 Å². The minimum atomic E-state index is -0.553. The summed E-state index contributed by atoms with van der Waals surface area (Å²) in [6.45, 7) is 1.63. The molecule has 94 valence electrons. The summed E-state index contributed by atoms with van der Waals surface area (Å²) in [5, 5.41) is 5.20. The molecule has 6 heteroatoms. The van der Waals surface area contributed by atoms with Gasteiger partial charge in [-0.15, -0.1) is 0 Å². The van der Waals surface area contributed by atoms with E-state index in [1.54, 1.807) is 6.92 Å². The number of nitrogens with two attached hydrogens (primary N) is 1. The number of hydrogen-bond acceptors (Lipinski definition) is 4. The number of nitrogen functional groups attached to an aromatic ring is 1. The highest BCUT2D eigenvalue weighted by Gasteiger charge is 2.14. The minimum Gasteiger partial charge on any atom is -0.495 e. The molecule has 0 aliphatic rings. The van der Waals surface area contributed by atoms with Crippen LogP contribution < -0.4 is 21.1 Å². The summed E-state index contributed by atoms with van der Waals surface area (Å²) in [6, 6.07) is 2.02. The lowest BCUT2D eigenvalue weighted by atomic mass is 10.2. The molecular formula is C11H16FN3O2. The Balaban J connectivity index is 2.94. The summed E-state index contributed by atoms with van der Waals surface area (Å²) in [5.74, 6) is -0.405. The number of ether oxygens (including phenoxy) is 1. The number of hydrogen-bond donors (Lipinski definition) is 3. The summed E-state index contributed by atoms with van der Waals surface area (Å²) in [6.07, 6.45) is 0. The fourth-order valence-electron chi connectivity index (χ4n) is 1.37. The Kier molecular flexibility index (Phi) is 4.14. The second-order valence-electron chi connectivity index (χ2n) is 3.55. The smallest absolute Gasteiger partial charge is 0.241 e. The molecule has 4 N–H and O–H groups in total. The molecule has 1 aromatic rings. The summed E-state index contributed by atoms with van der Waals surface area (Å²) < 4.78 is 18.5. The zero-order valence-electron chi connectivity index (χ0n) is 10.0. The van der Waals surface area contributed by atoms with Crippen LogP contribution >= 0.6 is 0 Å². The molecule has 17 heavy (non-hydrogen) atoms. The quantitative estimate of drug-likeness (QED) is 0.686. The van der Waals surface area contributed by atoms with E-state index in [0.29, 0.717) is 5.75 Å². The van der Waals surface area contributed by atoms with Gasteiger partial charge in [0.1, 0.15) is 17.6 Å². The maximum Gasteiger partial charge on any atom is 0.241 e. The van der Waals surface area contributed by atoms with Crippen molar-refractivity contribution in [1.29, 1.82) is 0 Å². The normalized spacial score (nSPS) is 11.8. The molecule has 0 aromatic heterocycles. The average Bonchev–Trinajstić information content (AvgIpc) is 2.31. The first-order valence-electron chi connectivity index (χ1n) is 5.10. The third-order valence-corrected chi connectivity index (χ3v) is 2.33. The van der Waals surface area contributed by atoms with Gasteiger partial charge in [0.25, 0.3) is 0 Å². The highest BCUT2D eigenvalue weighted by molar-refractivity contribution is 5.84. The maximum absolute atomic E-state index is 13.6. The Hall–Kier alpha value is -1.98. The topological polar surface area (TPSA) is 76.4 Å². The lowest BCUT2D eigenvalue weighted by Gasteiger charge is -2.15. The van der Waals surface area contributed by atoms with Crippen molar-refractivity contribution < 1.29 is 13.9 Å². The molecule has 0 spiro atoms. The predicted molar refractivity (Wildman–Crippen MR) is 64.5 cm³/mol. The minimum absolute atomic E-state index is 0.173. The molecule has 1 unspecified atom stereocenters. The predicted octanol–water partition coefficient (Wildman–Crippen LogP) is 0.963. The van der Waals surface area contributed by atoms with Gasteiger partial charge in [-0.3, -0.25) is 4.79 Å². The third kappa shape index (κ3) is 2.99. The zero-order valence-corrected chi connectivity index (χ0v) is 10.0. The highest BCUT2D eigenvalue weighted by Crippen LogP contribution is 2.28. The Morgan fingerprint density at radius 2 is 2.18 bits per heavy atom. The molecule has 1 amide bonds. The van der Waals surface area contributed by atoms with Crippen LogP contribution in [0.4, 0.5) is 15.8 Å². The molecule has 1 aromatic carbocycles. The van der Waals surface area contributed by atoms with E-state index in [2.05, 4.69) is 10.6 Å². The monoisotopic (exact) mass is 241 g/mol. The Morgan fingerprint density at radius 1 is 1.53 bits per heavy atom. The number of halogens is 1. The second-order valence-corrected chi connectivity index (χ2v) is 3.55. The van der Waals surface area contributed by atoms with Gasteiger partial charge in [-0.1, -0.05) is 0 Å². The van der Waals surface area contributed by atoms with Crippen LogP contribution in [0.1, 0.15) is 6.92 Å². The van der Waals surface area contributed by atoms with Crippen molar-refractivity contribution in [3.8, 4) is 5.75 Å². The van der Waals surface area contributed by atoms with Crippen LogP contribution in [0.2, 0.25) is 0 Å². The van der Waals surface area contributed by atoms with Gasteiger partial charge in [-0.2, -0.15) is 0 Å². The van der Waals surface area contributed by atoms with E-state index in [0.717, 1.165) is 6.07 Å². The lowest BCUT2D eigenvalue weighted by Crippen LogP contribution is -2.35. The number of amides is 1. The van der Waals surface area contributed by atoms with Crippen molar-refractivity contribution >= 4 is 17.3 Å². The zero-order chi connectivity index (χ0) is 13.0. The van der Waals surface area contributed by atoms with Gasteiger partial charge in [0.05, 0.1) is 18.5 Å². The molecule has 0 aliphatic heterocycles. The number of benzene rings is 1. The van der Waals surface area contributed by atoms with Gasteiger partial charge < -0.3 is 21.1 Å². The number of anilines is 2. The molecule has 5 nitrogen and oxygen atoms in total. The molecule has 0 saturated heterocycles. The Bertz CT molecular complexity index is 423. The number of carbonyl (C=O) groups excluding carboxylic acids is 1. The molecule has 1 rings (SSSR count). The molecule has 0 heterocycles. The van der Waals surface area contributed by atoms with Crippen LogP contribution in [0, 0.1) is 5.82 Å². The standard InChI is InChI=1S/C11H16FN3O2/c1-6(11(16)14-2)15-9-5-10(17-3)8(13)4-7(9)12/h4-6,15H,13H2,1-3H3,(H,14,16). The number of rotatable bonds is 4. The van der Waals surface area contributed by atoms with E-state index in [9.17, 15) is 9.18 Å². The molecule has 0 bridgehead atoms. The van der Waals surface area contributed by atoms with E-state index in [-0.39, 0.29) is 17.3 Å². The van der Waals surface area contributed by atoms with Crippen LogP contribution in [-0.2, 0) is 4.79 Å². The molecular weight excluding hydrogens is 225 g/mol. The van der Waals surface area contributed by atoms with Crippen molar-refractivity contribution in [1.82, 2.24) is 5.32 Å². The first kappa shape index (κ1) is 13.1. The van der Waals surface area contributed by atoms with E-state index < -0.39 is 11.9 Å². The molecule has 0 aliphatic carbocycles. The van der Waals surface area contributed by atoms with Crippen molar-refractivity contribution in [3.05, 3.63) is 17.9 Å². The highest BCUT2D eigenvalue weighted by atomic mass is 19.1. The number of methoxy groups -OCH3 is 1. The van der Waals surface area contributed by atoms with Gasteiger partial charge >= 0.3 is 0 Å². The van der Waals surface area contributed by atoms with Crippen LogP contribution in [-0.4, -0.2) is 26.1 Å². The van der Waals surface area contributed by atoms with Gasteiger partial charge in [0, 0.05) is 19.2 Å². The Labute approximate surface area is 99.1 Å². The fraction of sp³-hybridized carbons (Fsp3) is 0.364. The largest absolute Gasteiger partial charge is 0.495 e. The van der Waals surface area contributed by atoms with E-state index in [1.165, 1.54) is 20.2 Å². The van der Waals surface area contributed by atoms with Gasteiger partial charge in [-0.05, 0) is 6.92 Å². The van der Waals surface area contributed by atoms with E-state index >= 15 is 0 Å². The average molecular weight is 241 g/mol. The fourth-order valence-corrected chi connectivity index (χ4v) is 1.37. The lowest BCUT2D eigenvalue weighted by molar-refractivity contribution is -0.121. The summed E-state index contributed by atoms with van der Waals surface area (Å²) >= 11 is 0. The van der Waals surface area contributed by atoms with Crippen LogP contribution in [0.3, 0.4) is 0 Å². The first-order chi connectivity index (χ1) is 7.99. The SMILES string of the molecule is CNC(=O)C(C)Nc1cc(OC)c(N)cc1F. The Morgan fingerprint density at radius 3 is 2.71 bits per heavy atom.